The molecular weight excluding hydrogens is 1120 g/mol. The van der Waals surface area contributed by atoms with Gasteiger partial charge in [-0.15, -0.1) is 0 Å². The molecule has 90 heavy (non-hydrogen) atoms. The molecule has 0 aliphatic carbocycles. The molecule has 0 saturated carbocycles. The van der Waals surface area contributed by atoms with Crippen LogP contribution in [0.1, 0.15) is 342 Å². The molecule has 1 rings (SSSR count). The van der Waals surface area contributed by atoms with Gasteiger partial charge < -0.3 is 45.1 Å². The summed E-state index contributed by atoms with van der Waals surface area (Å²) in [7, 11) is 0. The number of carbonyl (C=O) groups excluding carboxylic acids is 2. The minimum absolute atomic E-state index is 0.119. The third kappa shape index (κ3) is 52.2. The Bertz CT molecular complexity index is 1790. The number of unbranched alkanes of at least 4 members (excludes halogenated alkanes) is 39. The number of aliphatic hydroxyl groups excluding tert-OH is 5. The van der Waals surface area contributed by atoms with E-state index in [1.165, 1.54) is 205 Å². The van der Waals surface area contributed by atoms with Crippen molar-refractivity contribution in [1.82, 2.24) is 5.32 Å². The minimum Gasteiger partial charge on any atom is -0.454 e. The molecule has 0 aromatic rings. The fourth-order valence-electron chi connectivity index (χ4n) is 11.6. The standard InChI is InChI=1S/C79H141NO10/c1-4-7-10-13-16-19-22-25-27-29-31-33-35-37-39-41-43-45-47-49-52-55-58-61-64-67-74(84)90-77-76(86)75(85)73(68-81)89-79(77)88-69-70(71(82)65-62-59-56-53-50-24-21-18-15-12-9-6-3)80-78(87)72(83)66-63-60-57-54-51-48-46-44-42-40-38-36-34-32-30-28-26-23-20-17-14-11-8-5-2/h16-17,19-20,25-28,31-34,62,65,70-73,75-77,79,81-83,85-86H,4-15,18,21-24,29-30,35-61,63-64,66-69H2,1-3H3,(H,80,87)/b19-16-,20-17-,27-25-,28-26-,33-31-,34-32-,65-62+. The third-order valence-corrected chi connectivity index (χ3v) is 17.5. The van der Waals surface area contributed by atoms with Gasteiger partial charge >= 0.3 is 5.97 Å². The van der Waals surface area contributed by atoms with E-state index in [1.54, 1.807) is 6.08 Å². The van der Waals surface area contributed by atoms with Crippen molar-refractivity contribution in [2.45, 2.75) is 391 Å². The van der Waals surface area contributed by atoms with Gasteiger partial charge in [-0.05, 0) is 103 Å². The summed E-state index contributed by atoms with van der Waals surface area (Å²) in [4.78, 5) is 26.7. The first kappa shape index (κ1) is 84.9. The number of esters is 1. The summed E-state index contributed by atoms with van der Waals surface area (Å²) in [6, 6.07) is -1.03. The zero-order valence-corrected chi connectivity index (χ0v) is 58.2. The van der Waals surface area contributed by atoms with Crippen molar-refractivity contribution >= 4 is 11.9 Å². The van der Waals surface area contributed by atoms with E-state index in [0.29, 0.717) is 12.8 Å². The molecule has 1 fully saturated rings. The lowest BCUT2D eigenvalue weighted by atomic mass is 9.99. The number of rotatable bonds is 65. The van der Waals surface area contributed by atoms with Crippen molar-refractivity contribution in [1.29, 1.82) is 0 Å². The highest BCUT2D eigenvalue weighted by Crippen LogP contribution is 2.26. The van der Waals surface area contributed by atoms with E-state index >= 15 is 0 Å². The second-order valence-electron chi connectivity index (χ2n) is 26.0. The Morgan fingerprint density at radius 3 is 1.17 bits per heavy atom. The van der Waals surface area contributed by atoms with Crippen LogP contribution in [0, 0.1) is 0 Å². The van der Waals surface area contributed by atoms with Gasteiger partial charge in [0.05, 0.1) is 25.4 Å². The number of carbonyl (C=O) groups is 2. The largest absolute Gasteiger partial charge is 0.454 e. The molecule has 8 atom stereocenters. The molecule has 11 nitrogen and oxygen atoms in total. The predicted octanol–water partition coefficient (Wildman–Crippen LogP) is 20.0. The van der Waals surface area contributed by atoms with Crippen LogP contribution in [0.15, 0.2) is 85.1 Å². The molecule has 1 amide bonds. The van der Waals surface area contributed by atoms with Crippen LogP contribution in [-0.4, -0.2) is 99.6 Å². The van der Waals surface area contributed by atoms with Crippen LogP contribution in [-0.2, 0) is 23.8 Å². The quantitative estimate of drug-likeness (QED) is 0.0195. The first-order chi connectivity index (χ1) is 44.2. The molecule has 0 radical (unpaired) electrons. The number of hydrogen-bond acceptors (Lipinski definition) is 10. The van der Waals surface area contributed by atoms with Crippen LogP contribution in [0.25, 0.3) is 0 Å². The third-order valence-electron chi connectivity index (χ3n) is 17.5. The molecule has 0 spiro atoms. The van der Waals surface area contributed by atoms with Crippen LogP contribution in [0.2, 0.25) is 0 Å². The molecule has 0 aromatic heterocycles. The second kappa shape index (κ2) is 65.9. The Hall–Kier alpha value is -3.16. The maximum absolute atomic E-state index is 13.5. The molecular formula is C79H141NO10. The van der Waals surface area contributed by atoms with Crippen molar-refractivity contribution in [3.05, 3.63) is 85.1 Å². The van der Waals surface area contributed by atoms with E-state index in [2.05, 4.69) is 99.0 Å². The predicted molar refractivity (Wildman–Crippen MR) is 379 cm³/mol. The van der Waals surface area contributed by atoms with E-state index in [4.69, 9.17) is 14.2 Å². The maximum Gasteiger partial charge on any atom is 0.306 e. The van der Waals surface area contributed by atoms with E-state index in [-0.39, 0.29) is 19.4 Å². The molecule has 522 valence electrons. The highest BCUT2D eigenvalue weighted by Gasteiger charge is 2.47. The lowest BCUT2D eigenvalue weighted by Gasteiger charge is -2.41. The average Bonchev–Trinajstić information content (AvgIpc) is 1.18. The summed E-state index contributed by atoms with van der Waals surface area (Å²) in [6.45, 7) is 5.77. The van der Waals surface area contributed by atoms with Crippen molar-refractivity contribution in [3.63, 3.8) is 0 Å². The summed E-state index contributed by atoms with van der Waals surface area (Å²) < 4.78 is 17.7. The summed E-state index contributed by atoms with van der Waals surface area (Å²) in [5.41, 5.74) is 0. The number of allylic oxidation sites excluding steroid dienone is 13. The van der Waals surface area contributed by atoms with Gasteiger partial charge in [0.1, 0.15) is 24.4 Å². The topological polar surface area (TPSA) is 175 Å². The van der Waals surface area contributed by atoms with Gasteiger partial charge in [0, 0.05) is 6.42 Å². The van der Waals surface area contributed by atoms with Crippen molar-refractivity contribution in [3.8, 4) is 0 Å². The van der Waals surface area contributed by atoms with Crippen LogP contribution in [0.5, 0.6) is 0 Å². The molecule has 1 aliphatic rings. The number of amides is 1. The molecule has 1 aliphatic heterocycles. The highest BCUT2D eigenvalue weighted by atomic mass is 16.7. The second-order valence-corrected chi connectivity index (χ2v) is 26.0. The van der Waals surface area contributed by atoms with E-state index in [1.807, 2.05) is 6.08 Å². The first-order valence-corrected chi connectivity index (χ1v) is 37.9. The van der Waals surface area contributed by atoms with Crippen molar-refractivity contribution in [2.75, 3.05) is 13.2 Å². The smallest absolute Gasteiger partial charge is 0.306 e. The number of ether oxygens (including phenoxy) is 3. The van der Waals surface area contributed by atoms with Crippen molar-refractivity contribution in [2.24, 2.45) is 0 Å². The van der Waals surface area contributed by atoms with Crippen LogP contribution in [0.4, 0.5) is 0 Å². The minimum atomic E-state index is -1.62. The zero-order valence-electron chi connectivity index (χ0n) is 58.2. The Balaban J connectivity index is 2.54. The SMILES string of the molecule is CCCCC/C=C\C/C=C\C/C=C\CCCCCCCCCCCCCCC(=O)OC1C(OCC(NC(=O)C(O)CCCCCCCCCCCCC/C=C\C/C=C\C/C=C\CCCCC)C(O)/C=C/CCCCCCCCCCCC)OC(CO)C(O)C1O. The summed E-state index contributed by atoms with van der Waals surface area (Å²) in [6.07, 6.45) is 77.6. The normalized spacial score (nSPS) is 18.5. The summed E-state index contributed by atoms with van der Waals surface area (Å²) in [5.74, 6) is -1.19. The molecule has 0 bridgehead atoms. The monoisotopic (exact) mass is 1260 g/mol. The summed E-state index contributed by atoms with van der Waals surface area (Å²) >= 11 is 0. The average molecular weight is 1260 g/mol. The van der Waals surface area contributed by atoms with Gasteiger partial charge in [0.2, 0.25) is 5.91 Å². The van der Waals surface area contributed by atoms with Gasteiger partial charge in [-0.3, -0.25) is 9.59 Å². The fourth-order valence-corrected chi connectivity index (χ4v) is 11.6. The van der Waals surface area contributed by atoms with Gasteiger partial charge in [-0.1, -0.05) is 318 Å². The molecule has 8 unspecified atom stereocenters. The zero-order chi connectivity index (χ0) is 65.3. The van der Waals surface area contributed by atoms with Crippen molar-refractivity contribution < 1.29 is 49.3 Å². The number of aliphatic hydroxyl groups is 5. The van der Waals surface area contributed by atoms with Gasteiger partial charge in [0.25, 0.3) is 0 Å². The van der Waals surface area contributed by atoms with Gasteiger partial charge in [-0.25, -0.2) is 0 Å². The van der Waals surface area contributed by atoms with E-state index in [9.17, 15) is 35.1 Å². The van der Waals surface area contributed by atoms with E-state index < -0.39 is 67.4 Å². The maximum atomic E-state index is 13.5. The molecule has 1 saturated heterocycles. The van der Waals surface area contributed by atoms with Crippen LogP contribution >= 0.6 is 0 Å². The fraction of sp³-hybridized carbons (Fsp3) is 0.797. The number of hydrogen-bond donors (Lipinski definition) is 6. The lowest BCUT2D eigenvalue weighted by Crippen LogP contribution is -2.61. The first-order valence-electron chi connectivity index (χ1n) is 37.9. The van der Waals surface area contributed by atoms with Crippen LogP contribution in [0.3, 0.4) is 0 Å². The van der Waals surface area contributed by atoms with Gasteiger partial charge in [0.15, 0.2) is 12.4 Å². The lowest BCUT2D eigenvalue weighted by molar-refractivity contribution is -0.305. The molecule has 1 heterocycles. The van der Waals surface area contributed by atoms with E-state index in [0.717, 1.165) is 89.9 Å². The highest BCUT2D eigenvalue weighted by molar-refractivity contribution is 5.80. The summed E-state index contributed by atoms with van der Waals surface area (Å²) in [5, 5.41) is 57.4. The number of nitrogens with one attached hydrogen (secondary N) is 1. The Morgan fingerprint density at radius 1 is 0.433 bits per heavy atom. The molecule has 11 heteroatoms. The van der Waals surface area contributed by atoms with Gasteiger partial charge in [-0.2, -0.15) is 0 Å². The molecule has 6 N–H and O–H groups in total. The molecule has 0 aromatic carbocycles. The Morgan fingerprint density at radius 2 is 0.767 bits per heavy atom. The Kier molecular flexibility index (Phi) is 62.1. The Labute approximate surface area is 553 Å². The van der Waals surface area contributed by atoms with Crippen LogP contribution < -0.4 is 5.32 Å².